The highest BCUT2D eigenvalue weighted by Gasteiger charge is 2.87. The lowest BCUT2D eigenvalue weighted by molar-refractivity contribution is -0.0529. The fraction of sp³-hybridized carbons (Fsp3) is 0.667. The van der Waals surface area contributed by atoms with Crippen molar-refractivity contribution in [2.45, 2.75) is 64.7 Å². The van der Waals surface area contributed by atoms with E-state index in [-0.39, 0.29) is 30.1 Å². The lowest BCUT2D eigenvalue weighted by Gasteiger charge is -2.44. The van der Waals surface area contributed by atoms with Crippen LogP contribution < -0.4 is 0 Å². The molecule has 1 saturated heterocycles. The van der Waals surface area contributed by atoms with E-state index in [4.69, 9.17) is 14.0 Å². The van der Waals surface area contributed by atoms with Gasteiger partial charge in [-0.3, -0.25) is 0 Å². The summed E-state index contributed by atoms with van der Waals surface area (Å²) in [6.45, 7) is 9.98. The van der Waals surface area contributed by atoms with Crippen LogP contribution in [0.25, 0.3) is 0 Å². The molecule has 6 atom stereocenters. The zero-order valence-electron chi connectivity index (χ0n) is 16.6. The van der Waals surface area contributed by atoms with Crippen LogP contribution in [0, 0.1) is 23.2 Å². The predicted molar refractivity (Wildman–Crippen MR) is 100 cm³/mol. The molecular formula is C21H27BO5. The predicted octanol–water partition coefficient (Wildman–Crippen LogP) is 3.38. The molecule has 144 valence electrons. The van der Waals surface area contributed by atoms with Crippen LogP contribution in [0.5, 0.6) is 5.75 Å². The van der Waals surface area contributed by atoms with Crippen molar-refractivity contribution in [3.63, 3.8) is 0 Å². The number of ether oxygens (including phenoxy) is 1. The van der Waals surface area contributed by atoms with Gasteiger partial charge in [-0.2, -0.15) is 0 Å². The summed E-state index contributed by atoms with van der Waals surface area (Å²) >= 11 is 0. The van der Waals surface area contributed by atoms with Crippen molar-refractivity contribution in [3.8, 4) is 5.75 Å². The fourth-order valence-electron chi connectivity index (χ4n) is 6.21. The van der Waals surface area contributed by atoms with Crippen LogP contribution in [-0.2, 0) is 20.4 Å². The number of rotatable bonds is 3. The highest BCUT2D eigenvalue weighted by molar-refractivity contribution is 6.45. The third-order valence-electron chi connectivity index (χ3n) is 7.47. The highest BCUT2D eigenvalue weighted by atomic mass is 16.7. The lowest BCUT2D eigenvalue weighted by Crippen LogP contribution is -2.49. The molecule has 1 aromatic carbocycles. The van der Waals surface area contributed by atoms with E-state index in [1.165, 1.54) is 6.42 Å². The molecular weight excluding hydrogens is 343 g/mol. The second-order valence-electron chi connectivity index (χ2n) is 10.1. The van der Waals surface area contributed by atoms with Crippen molar-refractivity contribution in [2.75, 3.05) is 0 Å². The van der Waals surface area contributed by atoms with E-state index in [2.05, 4.69) is 13.8 Å². The van der Waals surface area contributed by atoms with Crippen molar-refractivity contribution >= 4 is 13.1 Å². The highest BCUT2D eigenvalue weighted by Crippen LogP contribution is 2.86. The number of hydrogen-bond acceptors (Lipinski definition) is 5. The first kappa shape index (κ1) is 17.6. The van der Waals surface area contributed by atoms with Gasteiger partial charge in [-0.05, 0) is 68.9 Å². The Morgan fingerprint density at radius 3 is 2.78 bits per heavy atom. The molecule has 5 rings (SSSR count). The number of fused-ring (bicyclic) bond motifs is 4. The van der Waals surface area contributed by atoms with Gasteiger partial charge in [0.15, 0.2) is 0 Å². The van der Waals surface area contributed by atoms with Crippen molar-refractivity contribution < 1.29 is 23.9 Å². The van der Waals surface area contributed by atoms with E-state index in [1.807, 2.05) is 26.8 Å². The molecule has 5 nitrogen and oxygen atoms in total. The first-order valence-corrected chi connectivity index (χ1v) is 9.93. The number of esters is 1. The maximum absolute atomic E-state index is 12.4. The van der Waals surface area contributed by atoms with Crippen LogP contribution in [0.4, 0.5) is 0 Å². The Kier molecular flexibility index (Phi) is 3.31. The Morgan fingerprint density at radius 2 is 2.11 bits per heavy atom. The molecule has 0 bridgehead atoms. The molecule has 1 heterocycles. The van der Waals surface area contributed by atoms with E-state index >= 15 is 0 Å². The van der Waals surface area contributed by atoms with E-state index < -0.39 is 11.6 Å². The summed E-state index contributed by atoms with van der Waals surface area (Å²) in [6, 6.07) is 5.16. The molecule has 1 aliphatic heterocycles. The summed E-state index contributed by atoms with van der Waals surface area (Å²) < 4.78 is 18.1. The summed E-state index contributed by atoms with van der Waals surface area (Å²) in [5.74, 6) is 1.46. The number of aromatic hydroxyl groups is 1. The average Bonchev–Trinajstić information content (AvgIpc) is 2.80. The minimum atomic E-state index is -0.610. The summed E-state index contributed by atoms with van der Waals surface area (Å²) in [6.07, 6.45) is 1.84. The topological polar surface area (TPSA) is 65.0 Å². The van der Waals surface area contributed by atoms with Crippen LogP contribution in [-0.4, -0.2) is 35.5 Å². The minimum Gasteiger partial charge on any atom is -0.507 e. The number of phenols is 1. The molecule has 0 spiro atoms. The van der Waals surface area contributed by atoms with Crippen LogP contribution >= 0.6 is 0 Å². The second-order valence-corrected chi connectivity index (χ2v) is 10.1. The van der Waals surface area contributed by atoms with Crippen molar-refractivity contribution in [1.82, 2.24) is 0 Å². The first-order valence-electron chi connectivity index (χ1n) is 9.93. The number of phenolic OH excluding ortho intramolecular Hbond substituents is 1. The van der Waals surface area contributed by atoms with Crippen molar-refractivity contribution in [1.29, 1.82) is 0 Å². The Hall–Kier alpha value is -1.53. The number of para-hydroxylation sites is 1. The van der Waals surface area contributed by atoms with E-state index in [0.29, 0.717) is 29.1 Å². The first-order chi connectivity index (χ1) is 12.6. The van der Waals surface area contributed by atoms with Gasteiger partial charge in [0.1, 0.15) is 16.9 Å². The largest absolute Gasteiger partial charge is 0.507 e. The van der Waals surface area contributed by atoms with Crippen LogP contribution in [0.3, 0.4) is 0 Å². The van der Waals surface area contributed by atoms with Gasteiger partial charge in [-0.1, -0.05) is 19.1 Å². The number of benzene rings is 1. The Bertz CT molecular complexity index is 832. The molecule has 4 aliphatic rings. The molecule has 6 heteroatoms. The molecule has 1 aromatic rings. The van der Waals surface area contributed by atoms with Gasteiger partial charge in [-0.25, -0.2) is 4.79 Å². The van der Waals surface area contributed by atoms with E-state index in [1.54, 1.807) is 12.1 Å². The number of hydrogen-bond donors (Lipinski definition) is 1. The smallest absolute Gasteiger partial charge is 0.462 e. The van der Waals surface area contributed by atoms with Gasteiger partial charge >= 0.3 is 13.1 Å². The summed E-state index contributed by atoms with van der Waals surface area (Å²) in [4.78, 5) is 12.4. The Labute approximate surface area is 160 Å². The average molecular weight is 370 g/mol. The Morgan fingerprint density at radius 1 is 1.37 bits per heavy atom. The molecule has 1 N–H and O–H groups in total. The Balaban J connectivity index is 1.33. The molecule has 0 radical (unpaired) electrons. The minimum absolute atomic E-state index is 0.0401. The summed E-state index contributed by atoms with van der Waals surface area (Å²) in [5.41, 5.74) is 0.447. The van der Waals surface area contributed by atoms with Gasteiger partial charge in [-0.15, -0.1) is 0 Å². The normalized spacial score (nSPS) is 41.0. The maximum Gasteiger partial charge on any atom is 0.462 e. The van der Waals surface area contributed by atoms with E-state index in [0.717, 1.165) is 5.92 Å². The van der Waals surface area contributed by atoms with Crippen molar-refractivity contribution in [2.24, 2.45) is 23.2 Å². The molecule has 4 fully saturated rings. The monoisotopic (exact) mass is 370 g/mol. The molecule has 3 aliphatic carbocycles. The van der Waals surface area contributed by atoms with Crippen LogP contribution in [0.2, 0.25) is 0 Å². The van der Waals surface area contributed by atoms with Crippen LogP contribution in [0.15, 0.2) is 18.2 Å². The van der Waals surface area contributed by atoms with Crippen molar-refractivity contribution in [3.05, 3.63) is 29.3 Å². The third-order valence-corrected chi connectivity index (χ3v) is 7.47. The molecule has 0 amide bonds. The van der Waals surface area contributed by atoms with Gasteiger partial charge in [0, 0.05) is 6.32 Å². The van der Waals surface area contributed by atoms with Gasteiger partial charge in [0.05, 0.1) is 11.7 Å². The molecule has 4 unspecified atom stereocenters. The number of carbonyl (C=O) groups excluding carboxylic acids is 1. The maximum atomic E-state index is 12.4. The summed E-state index contributed by atoms with van der Waals surface area (Å²) in [5, 5.41) is 10.6. The lowest BCUT2D eigenvalue weighted by atomic mass is 9.65. The molecule has 0 aromatic heterocycles. The molecule has 3 saturated carbocycles. The zero-order valence-corrected chi connectivity index (χ0v) is 16.6. The van der Waals surface area contributed by atoms with E-state index in [9.17, 15) is 9.90 Å². The van der Waals surface area contributed by atoms with Gasteiger partial charge < -0.3 is 19.2 Å². The van der Waals surface area contributed by atoms with Crippen LogP contribution in [0.1, 0.15) is 57.0 Å². The fourth-order valence-corrected chi connectivity index (χ4v) is 6.21. The van der Waals surface area contributed by atoms with Gasteiger partial charge in [0.25, 0.3) is 0 Å². The second kappa shape index (κ2) is 5.09. The zero-order chi connectivity index (χ0) is 19.4. The molecule has 27 heavy (non-hydrogen) atoms. The SMILES string of the molecule is CC(C)(C)OC(=O)c1cccc(CB2OC3C4[C@@H]5C[C@H](C3(C)O2)C45C)c1O. The third kappa shape index (κ3) is 2.23. The standard InChI is InChI=1S/C21H27BO5/c1-19(2,3)25-18(24)12-8-6-7-11(16(12)23)10-22-26-17-15-13-9-14(20(13,15)4)21(17,5)27-22/h6-8,13-15,17,23H,9-10H2,1-5H3/t13-,14-,15?,17?,20?,21?/m0/s1. The van der Waals surface area contributed by atoms with Gasteiger partial charge in [0.2, 0.25) is 0 Å². The summed E-state index contributed by atoms with van der Waals surface area (Å²) in [7, 11) is -0.383. The quantitative estimate of drug-likeness (QED) is 0.653. The number of carbonyl (C=O) groups is 1.